The van der Waals surface area contributed by atoms with E-state index < -0.39 is 0 Å². The molecule has 0 fully saturated rings. The number of carbonyl (C=O) groups is 1. The lowest BCUT2D eigenvalue weighted by Gasteiger charge is -2.27. The fourth-order valence-corrected chi connectivity index (χ4v) is 4.10. The predicted molar refractivity (Wildman–Crippen MR) is 127 cm³/mol. The van der Waals surface area contributed by atoms with Crippen molar-refractivity contribution in [2.24, 2.45) is 0 Å². The molecular weight excluding hydrogens is 364 g/mol. The summed E-state index contributed by atoms with van der Waals surface area (Å²) in [5.74, 6) is 0.116. The Morgan fingerprint density at radius 1 is 0.533 bits per heavy atom. The lowest BCUT2D eigenvalue weighted by molar-refractivity contribution is 0.105. The van der Waals surface area contributed by atoms with Gasteiger partial charge in [-0.3, -0.25) is 4.79 Å². The smallest absolute Gasteiger partial charge is 0.194 e. The van der Waals surface area contributed by atoms with Crippen LogP contribution in [-0.4, -0.2) is 5.78 Å². The predicted octanol–water partition coefficient (Wildman–Crippen LogP) is 7.44. The van der Waals surface area contributed by atoms with Gasteiger partial charge in [-0.25, -0.2) is 0 Å². The molecule has 0 saturated carbocycles. The first-order valence-corrected chi connectivity index (χ1v) is 10.7. The minimum Gasteiger partial charge on any atom is -0.289 e. The highest BCUT2D eigenvalue weighted by Crippen LogP contribution is 2.44. The van der Waals surface area contributed by atoms with E-state index in [9.17, 15) is 4.79 Å². The van der Waals surface area contributed by atoms with Crippen molar-refractivity contribution in [3.05, 3.63) is 106 Å². The monoisotopic (exact) mass is 394 g/mol. The Morgan fingerprint density at radius 3 is 1.57 bits per heavy atom. The zero-order valence-corrected chi connectivity index (χ0v) is 18.8. The maximum atomic E-state index is 13.5. The normalized spacial score (nSPS) is 14.3. The summed E-state index contributed by atoms with van der Waals surface area (Å²) in [5.41, 5.74) is 8.43. The van der Waals surface area contributed by atoms with Crippen molar-refractivity contribution in [3.63, 3.8) is 0 Å². The fraction of sp³-hybridized carbons (Fsp3) is 0.276. The molecule has 0 amide bonds. The number of benzene rings is 3. The van der Waals surface area contributed by atoms with Gasteiger partial charge in [0.05, 0.1) is 0 Å². The van der Waals surface area contributed by atoms with Crippen molar-refractivity contribution in [1.29, 1.82) is 0 Å². The van der Waals surface area contributed by atoms with E-state index in [1.807, 2.05) is 48.5 Å². The van der Waals surface area contributed by atoms with Crippen LogP contribution in [0.5, 0.6) is 0 Å². The summed E-state index contributed by atoms with van der Waals surface area (Å²) in [6, 6.07) is 25.0. The zero-order valence-electron chi connectivity index (χ0n) is 18.8. The van der Waals surface area contributed by atoms with E-state index >= 15 is 0 Å². The number of fused-ring (bicyclic) bond motifs is 1. The van der Waals surface area contributed by atoms with Crippen molar-refractivity contribution >= 4 is 16.9 Å². The molecule has 0 radical (unpaired) electrons. The van der Waals surface area contributed by atoms with Crippen LogP contribution in [0.2, 0.25) is 0 Å². The lowest BCUT2D eigenvalue weighted by atomic mass is 9.78. The molecule has 1 nitrogen and oxygen atoms in total. The van der Waals surface area contributed by atoms with E-state index in [4.69, 9.17) is 0 Å². The summed E-state index contributed by atoms with van der Waals surface area (Å²) in [4.78, 5) is 13.5. The van der Waals surface area contributed by atoms with Crippen molar-refractivity contribution in [1.82, 2.24) is 0 Å². The number of allylic oxidation sites excluding steroid dienone is 1. The van der Waals surface area contributed by atoms with Gasteiger partial charge in [0.1, 0.15) is 0 Å². The molecule has 0 aromatic heterocycles. The molecule has 0 spiro atoms. The second kappa shape index (κ2) is 7.09. The molecule has 1 aliphatic rings. The van der Waals surface area contributed by atoms with Crippen LogP contribution >= 0.6 is 0 Å². The van der Waals surface area contributed by atoms with Crippen molar-refractivity contribution in [3.8, 4) is 0 Å². The van der Waals surface area contributed by atoms with Crippen LogP contribution < -0.4 is 0 Å². The average Bonchev–Trinajstić information content (AvgIpc) is 3.00. The molecule has 30 heavy (non-hydrogen) atoms. The highest BCUT2D eigenvalue weighted by molar-refractivity contribution is 6.41. The van der Waals surface area contributed by atoms with E-state index in [0.29, 0.717) is 0 Å². The zero-order chi connectivity index (χ0) is 21.7. The summed E-state index contributed by atoms with van der Waals surface area (Å²) in [6.07, 6.45) is 0. The highest BCUT2D eigenvalue weighted by Gasteiger charge is 2.32. The van der Waals surface area contributed by atoms with Crippen LogP contribution in [0.15, 0.2) is 72.8 Å². The lowest BCUT2D eigenvalue weighted by Crippen LogP contribution is -2.17. The van der Waals surface area contributed by atoms with E-state index in [2.05, 4.69) is 65.8 Å². The van der Waals surface area contributed by atoms with Gasteiger partial charge in [-0.1, -0.05) is 114 Å². The standard InChI is InChI=1S/C29H30O/c1-28(2,3)21-16-20(17-22(18-21)29(4,5)6)25-23-14-10-11-15-24(23)27(30)26(25)19-12-8-7-9-13-19/h7-18H,1-6H3. The Morgan fingerprint density at radius 2 is 1.03 bits per heavy atom. The van der Waals surface area contributed by atoms with Crippen LogP contribution in [0.3, 0.4) is 0 Å². The Hall–Kier alpha value is -2.93. The van der Waals surface area contributed by atoms with Gasteiger partial charge in [-0.15, -0.1) is 0 Å². The van der Waals surface area contributed by atoms with Crippen LogP contribution in [0, 0.1) is 0 Å². The Kier molecular flexibility index (Phi) is 4.81. The molecule has 4 rings (SSSR count). The molecule has 1 aliphatic carbocycles. The summed E-state index contributed by atoms with van der Waals surface area (Å²) < 4.78 is 0. The number of Topliss-reactive ketones (excluding diaryl/α,β-unsaturated/α-hetero) is 1. The van der Waals surface area contributed by atoms with Crippen LogP contribution in [-0.2, 0) is 10.8 Å². The molecular formula is C29H30O. The van der Waals surface area contributed by atoms with Gasteiger partial charge in [0.25, 0.3) is 0 Å². The summed E-state index contributed by atoms with van der Waals surface area (Å²) in [7, 11) is 0. The second-order valence-corrected chi connectivity index (χ2v) is 10.3. The molecule has 0 unspecified atom stereocenters. The first-order chi connectivity index (χ1) is 14.1. The third-order valence-electron chi connectivity index (χ3n) is 5.93. The molecule has 0 bridgehead atoms. The maximum absolute atomic E-state index is 13.5. The molecule has 3 aromatic rings. The van der Waals surface area contributed by atoms with Gasteiger partial charge in [-0.2, -0.15) is 0 Å². The minimum atomic E-state index is 0.0195. The van der Waals surface area contributed by atoms with Crippen LogP contribution in [0.25, 0.3) is 11.1 Å². The van der Waals surface area contributed by atoms with Crippen LogP contribution in [0.4, 0.5) is 0 Å². The molecule has 0 aliphatic heterocycles. The summed E-state index contributed by atoms with van der Waals surface area (Å²) in [5, 5.41) is 0. The van der Waals surface area contributed by atoms with E-state index in [-0.39, 0.29) is 16.6 Å². The van der Waals surface area contributed by atoms with Crippen molar-refractivity contribution in [2.45, 2.75) is 52.4 Å². The Balaban J connectivity index is 2.07. The van der Waals surface area contributed by atoms with E-state index in [0.717, 1.165) is 33.4 Å². The van der Waals surface area contributed by atoms with Gasteiger partial charge in [0.2, 0.25) is 0 Å². The average molecular weight is 395 g/mol. The second-order valence-electron chi connectivity index (χ2n) is 10.3. The SMILES string of the molecule is CC(C)(C)c1cc(C2=C(c3ccccc3)C(=O)c3ccccc32)cc(C(C)(C)C)c1. The minimum absolute atomic E-state index is 0.0195. The first-order valence-electron chi connectivity index (χ1n) is 10.7. The fourth-order valence-electron chi connectivity index (χ4n) is 4.10. The molecule has 0 heterocycles. The number of hydrogen-bond acceptors (Lipinski definition) is 1. The molecule has 0 saturated heterocycles. The molecule has 0 N–H and O–H groups in total. The summed E-state index contributed by atoms with van der Waals surface area (Å²) >= 11 is 0. The first kappa shape index (κ1) is 20.3. The largest absolute Gasteiger partial charge is 0.289 e. The van der Waals surface area contributed by atoms with Gasteiger partial charge in [0, 0.05) is 16.7 Å². The third-order valence-corrected chi connectivity index (χ3v) is 5.93. The van der Waals surface area contributed by atoms with Gasteiger partial charge >= 0.3 is 0 Å². The topological polar surface area (TPSA) is 17.1 Å². The van der Waals surface area contributed by atoms with Gasteiger partial charge in [0.15, 0.2) is 5.78 Å². The molecule has 3 aromatic carbocycles. The third kappa shape index (κ3) is 3.54. The van der Waals surface area contributed by atoms with Crippen molar-refractivity contribution < 1.29 is 4.79 Å². The van der Waals surface area contributed by atoms with Crippen molar-refractivity contribution in [2.75, 3.05) is 0 Å². The Bertz CT molecular complexity index is 1120. The highest BCUT2D eigenvalue weighted by atomic mass is 16.1. The maximum Gasteiger partial charge on any atom is 0.194 e. The van der Waals surface area contributed by atoms with Gasteiger partial charge < -0.3 is 0 Å². The number of ketones is 1. The number of rotatable bonds is 2. The van der Waals surface area contributed by atoms with Crippen LogP contribution in [0.1, 0.15) is 79.7 Å². The molecule has 152 valence electrons. The van der Waals surface area contributed by atoms with E-state index in [1.165, 1.54) is 11.1 Å². The Labute approximate surface area is 180 Å². The summed E-state index contributed by atoms with van der Waals surface area (Å²) in [6.45, 7) is 13.5. The van der Waals surface area contributed by atoms with E-state index in [1.54, 1.807) is 0 Å². The number of hydrogen-bond donors (Lipinski definition) is 0. The molecule has 1 heteroatoms. The van der Waals surface area contributed by atoms with Gasteiger partial charge in [-0.05, 0) is 38.6 Å². The molecule has 0 atom stereocenters. The number of carbonyl (C=O) groups excluding carboxylic acids is 1. The quantitative estimate of drug-likeness (QED) is 0.441.